The summed E-state index contributed by atoms with van der Waals surface area (Å²) in [7, 11) is -3.15. The highest BCUT2D eigenvalue weighted by Gasteiger charge is 2.29. The van der Waals surface area contributed by atoms with E-state index in [9.17, 15) is 8.42 Å². The van der Waals surface area contributed by atoms with E-state index < -0.39 is 14.6 Å². The van der Waals surface area contributed by atoms with Gasteiger partial charge in [-0.05, 0) is 39.2 Å². The smallest absolute Gasteiger partial charge is 0.191 e. The van der Waals surface area contributed by atoms with Gasteiger partial charge in [0.1, 0.15) is 0 Å². The first-order valence-electron chi connectivity index (χ1n) is 8.35. The molecule has 1 rings (SSSR count). The summed E-state index contributed by atoms with van der Waals surface area (Å²) in [6.07, 6.45) is 1.25. The van der Waals surface area contributed by atoms with Crippen LogP contribution in [0.4, 0.5) is 0 Å². The van der Waals surface area contributed by atoms with E-state index in [1.54, 1.807) is 13.8 Å². The lowest BCUT2D eigenvalue weighted by Crippen LogP contribution is -2.41. The van der Waals surface area contributed by atoms with Crippen molar-refractivity contribution in [1.29, 1.82) is 0 Å². The number of nitrogens with zero attached hydrogens (tertiary/aromatic N) is 1. The first-order chi connectivity index (χ1) is 11.1. The van der Waals surface area contributed by atoms with Crippen LogP contribution in [0.3, 0.4) is 0 Å². The van der Waals surface area contributed by atoms with Crippen LogP contribution in [-0.4, -0.2) is 45.0 Å². The van der Waals surface area contributed by atoms with Gasteiger partial charge in [-0.15, -0.1) is 0 Å². The SMILES string of the molecule is CCNC(=NCC(C)(C)S(C)(=O)=O)NCC(C)c1ccc(C)cc1. The Morgan fingerprint density at radius 3 is 2.29 bits per heavy atom. The molecule has 1 unspecified atom stereocenters. The molecular formula is C18H31N3O2S. The third kappa shape index (κ3) is 6.15. The number of sulfone groups is 1. The highest BCUT2D eigenvalue weighted by Crippen LogP contribution is 2.16. The third-order valence-electron chi connectivity index (χ3n) is 4.19. The maximum Gasteiger partial charge on any atom is 0.191 e. The van der Waals surface area contributed by atoms with Crippen LogP contribution < -0.4 is 10.6 Å². The molecule has 0 heterocycles. The number of hydrogen-bond acceptors (Lipinski definition) is 3. The first kappa shape index (κ1) is 20.5. The highest BCUT2D eigenvalue weighted by molar-refractivity contribution is 7.92. The number of nitrogens with one attached hydrogen (secondary N) is 2. The van der Waals surface area contributed by atoms with Gasteiger partial charge in [-0.2, -0.15) is 0 Å². The number of hydrogen-bond donors (Lipinski definition) is 2. The Morgan fingerprint density at radius 1 is 1.21 bits per heavy atom. The molecule has 0 spiro atoms. The largest absolute Gasteiger partial charge is 0.357 e. The lowest BCUT2D eigenvalue weighted by atomic mass is 10.0. The average molecular weight is 354 g/mol. The van der Waals surface area contributed by atoms with Gasteiger partial charge in [-0.25, -0.2) is 8.42 Å². The van der Waals surface area contributed by atoms with Crippen molar-refractivity contribution in [1.82, 2.24) is 10.6 Å². The fraction of sp³-hybridized carbons (Fsp3) is 0.611. The number of rotatable bonds is 7. The number of guanidine groups is 1. The molecule has 1 aromatic rings. The predicted octanol–water partition coefficient (Wildman–Crippen LogP) is 2.48. The number of aryl methyl sites for hydroxylation is 1. The van der Waals surface area contributed by atoms with Crippen LogP contribution in [-0.2, 0) is 9.84 Å². The molecule has 24 heavy (non-hydrogen) atoms. The predicted molar refractivity (Wildman–Crippen MR) is 102 cm³/mol. The van der Waals surface area contributed by atoms with E-state index in [2.05, 4.69) is 53.7 Å². The van der Waals surface area contributed by atoms with E-state index in [0.717, 1.165) is 13.1 Å². The molecule has 0 aliphatic carbocycles. The topological polar surface area (TPSA) is 70.6 Å². The molecule has 2 N–H and O–H groups in total. The van der Waals surface area contributed by atoms with Crippen LogP contribution >= 0.6 is 0 Å². The number of benzene rings is 1. The minimum atomic E-state index is -3.15. The number of aliphatic imine (C=N–C) groups is 1. The van der Waals surface area contributed by atoms with Gasteiger partial charge in [0.15, 0.2) is 15.8 Å². The van der Waals surface area contributed by atoms with E-state index in [4.69, 9.17) is 0 Å². The third-order valence-corrected chi connectivity index (χ3v) is 6.32. The van der Waals surface area contributed by atoms with E-state index in [-0.39, 0.29) is 6.54 Å². The van der Waals surface area contributed by atoms with Crippen LogP contribution in [0, 0.1) is 6.92 Å². The zero-order chi connectivity index (χ0) is 18.4. The molecule has 0 saturated heterocycles. The fourth-order valence-corrected chi connectivity index (χ4v) is 2.29. The molecule has 0 saturated carbocycles. The Labute approximate surface area is 146 Å². The van der Waals surface area contributed by atoms with Gasteiger partial charge >= 0.3 is 0 Å². The zero-order valence-electron chi connectivity index (χ0n) is 15.7. The van der Waals surface area contributed by atoms with Crippen LogP contribution in [0.2, 0.25) is 0 Å². The van der Waals surface area contributed by atoms with Gasteiger partial charge in [0, 0.05) is 19.3 Å². The highest BCUT2D eigenvalue weighted by atomic mass is 32.2. The van der Waals surface area contributed by atoms with Crippen molar-refractivity contribution in [3.05, 3.63) is 35.4 Å². The second-order valence-electron chi connectivity index (χ2n) is 6.92. The molecular weight excluding hydrogens is 322 g/mol. The maximum atomic E-state index is 11.8. The van der Waals surface area contributed by atoms with Gasteiger partial charge in [0.25, 0.3) is 0 Å². The lowest BCUT2D eigenvalue weighted by Gasteiger charge is -2.21. The average Bonchev–Trinajstić information content (AvgIpc) is 2.49. The summed E-state index contributed by atoms with van der Waals surface area (Å²) < 4.78 is 22.7. The van der Waals surface area contributed by atoms with Gasteiger partial charge in [0.05, 0.1) is 11.3 Å². The summed E-state index contributed by atoms with van der Waals surface area (Å²) in [5.41, 5.74) is 2.51. The van der Waals surface area contributed by atoms with Crippen molar-refractivity contribution in [3.8, 4) is 0 Å². The second kappa shape index (κ2) is 8.51. The molecule has 0 aromatic heterocycles. The Bertz CT molecular complexity index is 649. The van der Waals surface area contributed by atoms with E-state index >= 15 is 0 Å². The molecule has 136 valence electrons. The molecule has 1 aromatic carbocycles. The van der Waals surface area contributed by atoms with Gasteiger partial charge in [0.2, 0.25) is 0 Å². The van der Waals surface area contributed by atoms with Gasteiger partial charge in [-0.1, -0.05) is 36.8 Å². The van der Waals surface area contributed by atoms with E-state index in [1.807, 2.05) is 6.92 Å². The summed E-state index contributed by atoms with van der Waals surface area (Å²) in [5.74, 6) is 0.977. The summed E-state index contributed by atoms with van der Waals surface area (Å²) >= 11 is 0. The molecule has 0 amide bonds. The van der Waals surface area contributed by atoms with Gasteiger partial charge in [-0.3, -0.25) is 4.99 Å². The Morgan fingerprint density at radius 2 is 1.79 bits per heavy atom. The second-order valence-corrected chi connectivity index (χ2v) is 9.57. The first-order valence-corrected chi connectivity index (χ1v) is 10.2. The lowest BCUT2D eigenvalue weighted by molar-refractivity contribution is 0.554. The molecule has 0 aliphatic heterocycles. The Hall–Kier alpha value is -1.56. The van der Waals surface area contributed by atoms with Crippen molar-refractivity contribution >= 4 is 15.8 Å². The van der Waals surface area contributed by atoms with Crippen molar-refractivity contribution in [3.63, 3.8) is 0 Å². The van der Waals surface area contributed by atoms with E-state index in [0.29, 0.717) is 11.9 Å². The van der Waals surface area contributed by atoms with Crippen molar-refractivity contribution in [2.45, 2.75) is 45.3 Å². The molecule has 1 atom stereocenters. The molecule has 0 aliphatic rings. The minimum Gasteiger partial charge on any atom is -0.357 e. The van der Waals surface area contributed by atoms with Crippen LogP contribution in [0.1, 0.15) is 44.7 Å². The quantitative estimate of drug-likeness (QED) is 0.584. The molecule has 5 nitrogen and oxygen atoms in total. The van der Waals surface area contributed by atoms with Crippen LogP contribution in [0.15, 0.2) is 29.3 Å². The van der Waals surface area contributed by atoms with Crippen molar-refractivity contribution in [2.75, 3.05) is 25.9 Å². The molecule has 0 bridgehead atoms. The fourth-order valence-electron chi connectivity index (χ4n) is 1.99. The van der Waals surface area contributed by atoms with Gasteiger partial charge < -0.3 is 10.6 Å². The minimum absolute atomic E-state index is 0.222. The Balaban J connectivity index is 2.72. The van der Waals surface area contributed by atoms with Crippen molar-refractivity contribution in [2.24, 2.45) is 4.99 Å². The maximum absolute atomic E-state index is 11.8. The summed E-state index contributed by atoms with van der Waals surface area (Å²) in [6.45, 7) is 11.3. The molecule has 0 fully saturated rings. The van der Waals surface area contributed by atoms with Crippen molar-refractivity contribution < 1.29 is 8.42 Å². The summed E-state index contributed by atoms with van der Waals surface area (Å²) in [6, 6.07) is 8.50. The van der Waals surface area contributed by atoms with Crippen LogP contribution in [0.5, 0.6) is 0 Å². The summed E-state index contributed by atoms with van der Waals surface area (Å²) in [5, 5.41) is 6.47. The Kier molecular flexibility index (Phi) is 7.27. The van der Waals surface area contributed by atoms with Crippen LogP contribution in [0.25, 0.3) is 0 Å². The normalized spacial score (nSPS) is 14.3. The summed E-state index contributed by atoms with van der Waals surface area (Å²) in [4.78, 5) is 4.45. The zero-order valence-corrected chi connectivity index (χ0v) is 16.5. The monoisotopic (exact) mass is 353 g/mol. The van der Waals surface area contributed by atoms with E-state index in [1.165, 1.54) is 17.4 Å². The standard InChI is InChI=1S/C18H31N3O2S/c1-7-19-17(21-13-18(4,5)24(6,22)23)20-12-15(3)16-10-8-14(2)9-11-16/h8-11,15H,7,12-13H2,1-6H3,(H2,19,20,21). The molecule has 6 heteroatoms. The molecule has 0 radical (unpaired) electrons.